The van der Waals surface area contributed by atoms with E-state index in [-0.39, 0.29) is 16.4 Å². The predicted molar refractivity (Wildman–Crippen MR) is 106 cm³/mol. The molecule has 0 fully saturated rings. The van der Waals surface area contributed by atoms with Crippen LogP contribution in [-0.2, 0) is 6.42 Å². The third kappa shape index (κ3) is 2.99. The number of nitrogens with zero attached hydrogens (tertiary/aromatic N) is 1. The van der Waals surface area contributed by atoms with Gasteiger partial charge in [-0.15, -0.1) is 0 Å². The average molecular weight is 392 g/mol. The molecule has 0 atom stereocenters. The highest BCUT2D eigenvalue weighted by Gasteiger charge is 2.29. The van der Waals surface area contributed by atoms with Gasteiger partial charge in [0.1, 0.15) is 4.88 Å². The number of ketones is 2. The van der Waals surface area contributed by atoms with Crippen LogP contribution in [0.1, 0.15) is 60.6 Å². The molecule has 7 heteroatoms. The third-order valence-electron chi connectivity index (χ3n) is 4.55. The van der Waals surface area contributed by atoms with E-state index in [0.29, 0.717) is 45.2 Å². The number of rotatable bonds is 5. The van der Waals surface area contributed by atoms with Crippen molar-refractivity contribution >= 4 is 39.7 Å². The maximum Gasteiger partial charge on any atom is 0.347 e. The van der Waals surface area contributed by atoms with Crippen LogP contribution in [0.5, 0.6) is 0 Å². The quantitative estimate of drug-likeness (QED) is 0.525. The second-order valence-electron chi connectivity index (χ2n) is 6.44. The number of carbonyl (C=O) groups excluding carboxylic acids is 2. The summed E-state index contributed by atoms with van der Waals surface area (Å²) in [6.45, 7) is 1.96. The summed E-state index contributed by atoms with van der Waals surface area (Å²) in [7, 11) is 0. The van der Waals surface area contributed by atoms with Crippen LogP contribution in [0.25, 0.3) is 0 Å². The van der Waals surface area contributed by atoms with Crippen LogP contribution in [0, 0.1) is 0 Å². The van der Waals surface area contributed by atoms with Gasteiger partial charge in [0, 0.05) is 27.9 Å². The predicted octanol–water partition coefficient (Wildman–Crippen LogP) is 4.31. The molecule has 0 amide bonds. The molecule has 0 saturated carbocycles. The van der Waals surface area contributed by atoms with Crippen LogP contribution in [0.3, 0.4) is 0 Å². The Morgan fingerprint density at radius 2 is 1.68 bits per heavy atom. The number of aryl methyl sites for hydroxylation is 1. The van der Waals surface area contributed by atoms with E-state index in [1.807, 2.05) is 6.92 Å². The standard InChI is InChI=1S/C21H16N2O4S/c1-2-5-16-19(20(26)27)28-21(23-16)22-11-8-9-14-15(10-11)18(25)13-7-4-3-6-12(13)17(14)24/h3-4,6-10H,2,5H2,1H3,(H,22,23)(H,26,27). The molecule has 0 spiro atoms. The summed E-state index contributed by atoms with van der Waals surface area (Å²) in [4.78, 5) is 41.5. The molecule has 0 bridgehead atoms. The second kappa shape index (κ2) is 7.01. The van der Waals surface area contributed by atoms with E-state index in [1.165, 1.54) is 0 Å². The van der Waals surface area contributed by atoms with Gasteiger partial charge in [-0.1, -0.05) is 48.9 Å². The van der Waals surface area contributed by atoms with Gasteiger partial charge in [-0.25, -0.2) is 9.78 Å². The van der Waals surface area contributed by atoms with Gasteiger partial charge in [0.15, 0.2) is 16.7 Å². The van der Waals surface area contributed by atoms with E-state index >= 15 is 0 Å². The van der Waals surface area contributed by atoms with Crippen molar-refractivity contribution in [3.05, 3.63) is 75.3 Å². The molecule has 28 heavy (non-hydrogen) atoms. The Morgan fingerprint density at radius 1 is 1.04 bits per heavy atom. The fourth-order valence-electron chi connectivity index (χ4n) is 3.28. The smallest absolute Gasteiger partial charge is 0.347 e. The Hall–Kier alpha value is -3.32. The van der Waals surface area contributed by atoms with Crippen molar-refractivity contribution < 1.29 is 19.5 Å². The molecule has 4 rings (SSSR count). The number of carboxylic acids is 1. The van der Waals surface area contributed by atoms with E-state index in [2.05, 4.69) is 10.3 Å². The molecular formula is C21H16N2O4S. The number of hydrogen-bond donors (Lipinski definition) is 2. The monoisotopic (exact) mass is 392 g/mol. The van der Waals surface area contributed by atoms with E-state index in [1.54, 1.807) is 42.5 Å². The van der Waals surface area contributed by atoms with Crippen LogP contribution in [0.4, 0.5) is 10.8 Å². The summed E-state index contributed by atoms with van der Waals surface area (Å²) in [5, 5.41) is 12.9. The molecule has 6 nitrogen and oxygen atoms in total. The maximum atomic E-state index is 12.8. The molecule has 0 aliphatic heterocycles. The Labute approximate surface area is 164 Å². The molecule has 2 aromatic carbocycles. The molecule has 0 saturated heterocycles. The van der Waals surface area contributed by atoms with Gasteiger partial charge in [0.2, 0.25) is 0 Å². The van der Waals surface area contributed by atoms with Crippen molar-refractivity contribution in [1.29, 1.82) is 0 Å². The normalized spacial score (nSPS) is 12.5. The highest BCUT2D eigenvalue weighted by atomic mass is 32.1. The fourth-order valence-corrected chi connectivity index (χ4v) is 4.15. The van der Waals surface area contributed by atoms with Gasteiger partial charge >= 0.3 is 5.97 Å². The van der Waals surface area contributed by atoms with E-state index in [0.717, 1.165) is 17.8 Å². The summed E-state index contributed by atoms with van der Waals surface area (Å²) < 4.78 is 0. The van der Waals surface area contributed by atoms with Crippen molar-refractivity contribution in [2.24, 2.45) is 0 Å². The van der Waals surface area contributed by atoms with E-state index in [4.69, 9.17) is 0 Å². The summed E-state index contributed by atoms with van der Waals surface area (Å²) in [6, 6.07) is 11.7. The largest absolute Gasteiger partial charge is 0.477 e. The van der Waals surface area contributed by atoms with Gasteiger partial charge in [-0.05, 0) is 24.6 Å². The first-order valence-corrected chi connectivity index (χ1v) is 9.63. The Morgan fingerprint density at radius 3 is 2.32 bits per heavy atom. The lowest BCUT2D eigenvalue weighted by Crippen LogP contribution is -2.20. The first-order chi connectivity index (χ1) is 13.5. The molecule has 140 valence electrons. The van der Waals surface area contributed by atoms with Crippen LogP contribution in [0.2, 0.25) is 0 Å². The van der Waals surface area contributed by atoms with E-state index < -0.39 is 5.97 Å². The zero-order valence-corrected chi connectivity index (χ0v) is 15.8. The average Bonchev–Trinajstić information content (AvgIpc) is 3.09. The molecule has 1 aliphatic rings. The number of fused-ring (bicyclic) bond motifs is 2. The minimum absolute atomic E-state index is 0.176. The van der Waals surface area contributed by atoms with Crippen LogP contribution in [-0.4, -0.2) is 27.6 Å². The highest BCUT2D eigenvalue weighted by Crippen LogP contribution is 2.32. The van der Waals surface area contributed by atoms with Crippen molar-refractivity contribution in [2.45, 2.75) is 19.8 Å². The highest BCUT2D eigenvalue weighted by molar-refractivity contribution is 7.17. The van der Waals surface area contributed by atoms with Crippen LogP contribution < -0.4 is 5.32 Å². The van der Waals surface area contributed by atoms with Crippen molar-refractivity contribution in [1.82, 2.24) is 4.98 Å². The molecule has 0 radical (unpaired) electrons. The zero-order valence-electron chi connectivity index (χ0n) is 15.0. The first-order valence-electron chi connectivity index (χ1n) is 8.82. The number of hydrogen-bond acceptors (Lipinski definition) is 6. The molecule has 3 aromatic rings. The molecule has 1 aromatic heterocycles. The Balaban J connectivity index is 1.69. The summed E-state index contributed by atoms with van der Waals surface area (Å²) in [6.07, 6.45) is 1.37. The molecule has 0 unspecified atom stereocenters. The fraction of sp³-hybridized carbons (Fsp3) is 0.143. The topological polar surface area (TPSA) is 96.4 Å². The Bertz CT molecular complexity index is 1130. The first kappa shape index (κ1) is 18.1. The number of benzene rings is 2. The minimum atomic E-state index is -1.00. The summed E-state index contributed by atoms with van der Waals surface area (Å²) >= 11 is 1.06. The lowest BCUT2D eigenvalue weighted by atomic mass is 9.84. The van der Waals surface area contributed by atoms with Crippen molar-refractivity contribution in [2.75, 3.05) is 5.32 Å². The number of aromatic carboxylic acids is 1. The number of aromatic nitrogens is 1. The van der Waals surface area contributed by atoms with Gasteiger partial charge in [0.25, 0.3) is 0 Å². The molecule has 2 N–H and O–H groups in total. The van der Waals surface area contributed by atoms with Crippen molar-refractivity contribution in [3.8, 4) is 0 Å². The van der Waals surface area contributed by atoms with Gasteiger partial charge in [0.05, 0.1) is 5.69 Å². The van der Waals surface area contributed by atoms with Gasteiger partial charge < -0.3 is 10.4 Å². The third-order valence-corrected chi connectivity index (χ3v) is 5.56. The molecule has 1 heterocycles. The zero-order chi connectivity index (χ0) is 19.8. The SMILES string of the molecule is CCCc1nc(Nc2ccc3c(c2)C(=O)c2ccccc2C3=O)sc1C(=O)O. The lowest BCUT2D eigenvalue weighted by Gasteiger charge is -2.18. The number of anilines is 2. The van der Waals surface area contributed by atoms with Crippen LogP contribution >= 0.6 is 11.3 Å². The maximum absolute atomic E-state index is 12.8. The lowest BCUT2D eigenvalue weighted by molar-refractivity contribution is 0.0700. The van der Waals surface area contributed by atoms with Crippen molar-refractivity contribution in [3.63, 3.8) is 0 Å². The summed E-state index contributed by atoms with van der Waals surface area (Å²) in [5.74, 6) is -1.38. The van der Waals surface area contributed by atoms with Crippen LogP contribution in [0.15, 0.2) is 42.5 Å². The number of carboxylic acid groups (broad SMARTS) is 1. The van der Waals surface area contributed by atoms with Gasteiger partial charge in [-0.3, -0.25) is 9.59 Å². The number of nitrogens with one attached hydrogen (secondary N) is 1. The summed E-state index contributed by atoms with van der Waals surface area (Å²) in [5.41, 5.74) is 2.62. The van der Waals surface area contributed by atoms with Gasteiger partial charge in [-0.2, -0.15) is 0 Å². The number of carbonyl (C=O) groups is 3. The second-order valence-corrected chi connectivity index (χ2v) is 7.44. The molecular weight excluding hydrogens is 376 g/mol. The Kier molecular flexibility index (Phi) is 4.52. The molecule has 1 aliphatic carbocycles. The number of thiazole rings is 1. The minimum Gasteiger partial charge on any atom is -0.477 e. The van der Waals surface area contributed by atoms with E-state index in [9.17, 15) is 19.5 Å².